The van der Waals surface area contributed by atoms with E-state index in [1.54, 1.807) is 79.7 Å². The second kappa shape index (κ2) is 10.9. The molecular formula is C23H19Cl2N3O3S. The van der Waals surface area contributed by atoms with Crippen molar-refractivity contribution in [3.05, 3.63) is 88.4 Å². The van der Waals surface area contributed by atoms with E-state index in [4.69, 9.17) is 40.2 Å². The number of amides is 2. The van der Waals surface area contributed by atoms with Crippen molar-refractivity contribution in [3.8, 4) is 5.75 Å². The Kier molecular flexibility index (Phi) is 8.05. The summed E-state index contributed by atoms with van der Waals surface area (Å²) in [5.74, 6) is -0.263. The molecule has 3 aromatic carbocycles. The summed E-state index contributed by atoms with van der Waals surface area (Å²) in [4.78, 5) is 24.6. The first kappa shape index (κ1) is 23.5. The summed E-state index contributed by atoms with van der Waals surface area (Å²) >= 11 is 17.1. The van der Waals surface area contributed by atoms with Crippen LogP contribution in [-0.4, -0.2) is 23.0 Å². The average Bonchev–Trinajstić information content (AvgIpc) is 2.76. The number of thiocarbonyl (C=S) groups is 1. The van der Waals surface area contributed by atoms with Gasteiger partial charge in [-0.05, 0) is 73.7 Å². The summed E-state index contributed by atoms with van der Waals surface area (Å²) in [6.45, 7) is 1.63. The van der Waals surface area contributed by atoms with Crippen LogP contribution < -0.4 is 20.7 Å². The number of nitrogens with one attached hydrogen (secondary N) is 3. The quantitative estimate of drug-likeness (QED) is 0.398. The number of hydrogen-bond donors (Lipinski definition) is 3. The van der Waals surface area contributed by atoms with Crippen molar-refractivity contribution in [1.29, 1.82) is 0 Å². The predicted octanol–water partition coefficient (Wildman–Crippen LogP) is 5.53. The van der Waals surface area contributed by atoms with Crippen LogP contribution in [0.1, 0.15) is 17.3 Å². The molecule has 3 aromatic rings. The molecule has 0 bridgehead atoms. The molecule has 0 saturated heterocycles. The van der Waals surface area contributed by atoms with Gasteiger partial charge in [0.1, 0.15) is 5.75 Å². The lowest BCUT2D eigenvalue weighted by molar-refractivity contribution is -0.122. The van der Waals surface area contributed by atoms with Crippen molar-refractivity contribution in [1.82, 2.24) is 5.32 Å². The van der Waals surface area contributed by atoms with Crippen LogP contribution in [0.15, 0.2) is 72.8 Å². The predicted molar refractivity (Wildman–Crippen MR) is 132 cm³/mol. The highest BCUT2D eigenvalue weighted by Crippen LogP contribution is 2.24. The molecule has 0 aliphatic carbocycles. The summed E-state index contributed by atoms with van der Waals surface area (Å²) in [5, 5.41) is 9.30. The van der Waals surface area contributed by atoms with Crippen LogP contribution in [0.2, 0.25) is 10.0 Å². The van der Waals surface area contributed by atoms with E-state index >= 15 is 0 Å². The van der Waals surface area contributed by atoms with Gasteiger partial charge in [-0.15, -0.1) is 0 Å². The van der Waals surface area contributed by atoms with Gasteiger partial charge in [-0.25, -0.2) is 0 Å². The fourth-order valence-electron chi connectivity index (χ4n) is 2.63. The standard InChI is InChI=1S/C23H19Cl2N3O3S/c1-14(31-20-8-3-2-7-19(20)25)21(29)26-17-9-11-18(12-10-17)27-23(32)28-22(30)15-5-4-6-16(24)13-15/h2-14H,1H3,(H,26,29)(H2,27,28,30,32). The largest absolute Gasteiger partial charge is 0.479 e. The molecule has 0 aliphatic heterocycles. The van der Waals surface area contributed by atoms with Crippen LogP contribution in [0.25, 0.3) is 0 Å². The van der Waals surface area contributed by atoms with Crippen LogP contribution in [0.5, 0.6) is 5.75 Å². The van der Waals surface area contributed by atoms with Crippen molar-refractivity contribution < 1.29 is 14.3 Å². The molecule has 3 rings (SSSR count). The average molecular weight is 488 g/mol. The monoisotopic (exact) mass is 487 g/mol. The Labute approximate surface area is 200 Å². The zero-order valence-electron chi connectivity index (χ0n) is 16.9. The molecule has 3 N–H and O–H groups in total. The molecule has 1 atom stereocenters. The van der Waals surface area contributed by atoms with Crippen molar-refractivity contribution in [2.24, 2.45) is 0 Å². The highest BCUT2D eigenvalue weighted by Gasteiger charge is 2.16. The summed E-state index contributed by atoms with van der Waals surface area (Å²) in [7, 11) is 0. The van der Waals surface area contributed by atoms with E-state index in [-0.39, 0.29) is 16.9 Å². The number of benzene rings is 3. The highest BCUT2D eigenvalue weighted by atomic mass is 35.5. The Balaban J connectivity index is 1.52. The van der Waals surface area contributed by atoms with Gasteiger partial charge in [-0.3, -0.25) is 14.9 Å². The SMILES string of the molecule is CC(Oc1ccccc1Cl)C(=O)Nc1ccc(NC(=S)NC(=O)c2cccc(Cl)c2)cc1. The Morgan fingerprint density at radius 2 is 1.56 bits per heavy atom. The van der Waals surface area contributed by atoms with Crippen molar-refractivity contribution in [2.75, 3.05) is 10.6 Å². The number of anilines is 2. The molecule has 2 amide bonds. The number of carbonyl (C=O) groups excluding carboxylic acids is 2. The molecule has 0 aliphatic rings. The molecule has 0 saturated carbocycles. The van der Waals surface area contributed by atoms with Crippen molar-refractivity contribution >= 4 is 63.7 Å². The zero-order valence-corrected chi connectivity index (χ0v) is 19.2. The molecule has 9 heteroatoms. The fraction of sp³-hybridized carbons (Fsp3) is 0.0870. The summed E-state index contributed by atoms with van der Waals surface area (Å²) in [6.07, 6.45) is -0.748. The maximum atomic E-state index is 12.4. The number of para-hydroxylation sites is 1. The van der Waals surface area contributed by atoms with Gasteiger partial charge in [0.15, 0.2) is 11.2 Å². The number of rotatable bonds is 6. The van der Waals surface area contributed by atoms with Gasteiger partial charge in [-0.1, -0.05) is 41.4 Å². The first-order valence-corrected chi connectivity index (χ1v) is 10.7. The van der Waals surface area contributed by atoms with E-state index < -0.39 is 6.10 Å². The molecule has 0 heterocycles. The third-order valence-electron chi connectivity index (χ3n) is 4.23. The van der Waals surface area contributed by atoms with Gasteiger partial charge in [0.2, 0.25) is 0 Å². The lowest BCUT2D eigenvalue weighted by atomic mass is 10.2. The minimum atomic E-state index is -0.748. The minimum absolute atomic E-state index is 0.133. The molecule has 0 fully saturated rings. The van der Waals surface area contributed by atoms with E-state index in [0.717, 1.165) is 0 Å². The molecule has 0 spiro atoms. The second-order valence-corrected chi connectivity index (χ2v) is 7.93. The van der Waals surface area contributed by atoms with Gasteiger partial charge in [-0.2, -0.15) is 0 Å². The molecule has 6 nitrogen and oxygen atoms in total. The Morgan fingerprint density at radius 1 is 0.906 bits per heavy atom. The number of ether oxygens (including phenoxy) is 1. The van der Waals surface area contributed by atoms with E-state index in [2.05, 4.69) is 16.0 Å². The van der Waals surface area contributed by atoms with E-state index in [1.165, 1.54) is 0 Å². The van der Waals surface area contributed by atoms with Crippen molar-refractivity contribution in [3.63, 3.8) is 0 Å². The Morgan fingerprint density at radius 3 is 2.22 bits per heavy atom. The first-order chi connectivity index (χ1) is 15.3. The molecule has 32 heavy (non-hydrogen) atoms. The van der Waals surface area contributed by atoms with E-state index in [9.17, 15) is 9.59 Å². The zero-order chi connectivity index (χ0) is 23.1. The van der Waals surface area contributed by atoms with Gasteiger partial charge in [0, 0.05) is 22.0 Å². The lowest BCUT2D eigenvalue weighted by Crippen LogP contribution is -2.34. The highest BCUT2D eigenvalue weighted by molar-refractivity contribution is 7.80. The Hall–Kier alpha value is -3.13. The van der Waals surface area contributed by atoms with Gasteiger partial charge >= 0.3 is 0 Å². The number of halogens is 2. The summed E-state index contributed by atoms with van der Waals surface area (Å²) in [5.41, 5.74) is 1.61. The third-order valence-corrected chi connectivity index (χ3v) is 4.99. The van der Waals surface area contributed by atoms with Crippen LogP contribution in [0, 0.1) is 0 Å². The first-order valence-electron chi connectivity index (χ1n) is 9.52. The fourth-order valence-corrected chi connectivity index (χ4v) is 3.21. The third kappa shape index (κ3) is 6.68. The number of carbonyl (C=O) groups is 2. The molecule has 0 aromatic heterocycles. The summed E-state index contributed by atoms with van der Waals surface area (Å²) < 4.78 is 5.61. The molecule has 1 unspecified atom stereocenters. The molecular weight excluding hydrogens is 469 g/mol. The second-order valence-electron chi connectivity index (χ2n) is 6.68. The van der Waals surface area contributed by atoms with Crippen LogP contribution in [0.4, 0.5) is 11.4 Å². The lowest BCUT2D eigenvalue weighted by Gasteiger charge is -2.16. The molecule has 0 radical (unpaired) electrons. The van der Waals surface area contributed by atoms with Crippen molar-refractivity contribution in [2.45, 2.75) is 13.0 Å². The van der Waals surface area contributed by atoms with Gasteiger partial charge in [0.25, 0.3) is 11.8 Å². The molecule has 164 valence electrons. The number of hydrogen-bond acceptors (Lipinski definition) is 4. The maximum Gasteiger partial charge on any atom is 0.265 e. The smallest absolute Gasteiger partial charge is 0.265 e. The van der Waals surface area contributed by atoms with Crippen LogP contribution in [-0.2, 0) is 4.79 Å². The maximum absolute atomic E-state index is 12.4. The summed E-state index contributed by atoms with van der Waals surface area (Å²) in [6, 6.07) is 20.3. The van der Waals surface area contributed by atoms with E-state index in [0.29, 0.717) is 32.7 Å². The van der Waals surface area contributed by atoms with Gasteiger partial charge in [0.05, 0.1) is 5.02 Å². The van der Waals surface area contributed by atoms with Crippen LogP contribution >= 0.6 is 35.4 Å². The van der Waals surface area contributed by atoms with Gasteiger partial charge < -0.3 is 15.4 Å². The minimum Gasteiger partial charge on any atom is -0.479 e. The normalized spacial score (nSPS) is 11.2. The topological polar surface area (TPSA) is 79.5 Å². The van der Waals surface area contributed by atoms with Crippen LogP contribution in [0.3, 0.4) is 0 Å². The van der Waals surface area contributed by atoms with E-state index in [1.807, 2.05) is 0 Å². The Bertz CT molecular complexity index is 1140.